The standard InChI is InChI=1S/C19H16N4O.C3H7NO2.FH/c1-12-21-16-17(19(20)24)22-15-10-6-5-9-14(15)18(16)23(12)11-13-7-3-2-4-8-13;1-4-2-3(5)6;/h2-10H,11H2,1H3,(H2,20,24);4H,2H2,1H3,(H,5,6);1H. The van der Waals surface area contributed by atoms with Crippen molar-refractivity contribution in [3.8, 4) is 0 Å². The molecular formula is C22H24FN5O3. The summed E-state index contributed by atoms with van der Waals surface area (Å²) in [6.07, 6.45) is 0. The number of nitrogens with two attached hydrogens (primary N) is 1. The lowest BCUT2D eigenvalue weighted by Crippen LogP contribution is -2.16. The van der Waals surface area contributed by atoms with Crippen LogP contribution in [0.1, 0.15) is 21.9 Å². The molecule has 31 heavy (non-hydrogen) atoms. The summed E-state index contributed by atoms with van der Waals surface area (Å²) in [6.45, 7) is 2.65. The van der Waals surface area contributed by atoms with Crippen LogP contribution in [-0.2, 0) is 11.3 Å². The van der Waals surface area contributed by atoms with Crippen molar-refractivity contribution in [2.45, 2.75) is 13.5 Å². The molecule has 0 spiro atoms. The van der Waals surface area contributed by atoms with E-state index in [1.54, 1.807) is 7.05 Å². The van der Waals surface area contributed by atoms with E-state index < -0.39 is 11.9 Å². The van der Waals surface area contributed by atoms with Gasteiger partial charge in [-0.3, -0.25) is 14.3 Å². The molecule has 0 fully saturated rings. The maximum absolute atomic E-state index is 11.8. The molecule has 8 nitrogen and oxygen atoms in total. The van der Waals surface area contributed by atoms with E-state index in [1.165, 1.54) is 5.56 Å². The van der Waals surface area contributed by atoms with Gasteiger partial charge in [0.05, 0.1) is 17.6 Å². The van der Waals surface area contributed by atoms with Gasteiger partial charge in [-0.1, -0.05) is 48.5 Å². The molecule has 2 heterocycles. The van der Waals surface area contributed by atoms with Crippen LogP contribution in [0.5, 0.6) is 0 Å². The number of nitrogens with one attached hydrogen (secondary N) is 1. The molecule has 0 saturated carbocycles. The average Bonchev–Trinajstić information content (AvgIpc) is 3.04. The largest absolute Gasteiger partial charge is 0.480 e. The molecule has 162 valence electrons. The molecule has 0 saturated heterocycles. The number of aryl methyl sites for hydroxylation is 1. The number of halogens is 1. The highest BCUT2D eigenvalue weighted by atomic mass is 19.0. The van der Waals surface area contributed by atoms with Crippen LogP contribution in [0.25, 0.3) is 21.9 Å². The van der Waals surface area contributed by atoms with Gasteiger partial charge in [0.15, 0.2) is 5.69 Å². The van der Waals surface area contributed by atoms with Crippen LogP contribution in [0.3, 0.4) is 0 Å². The lowest BCUT2D eigenvalue weighted by molar-refractivity contribution is -0.135. The Bertz CT molecular complexity index is 1210. The second-order valence-electron chi connectivity index (χ2n) is 6.69. The number of carbonyl (C=O) groups excluding carboxylic acids is 1. The van der Waals surface area contributed by atoms with Crippen molar-refractivity contribution in [1.29, 1.82) is 0 Å². The van der Waals surface area contributed by atoms with Gasteiger partial charge in [-0.2, -0.15) is 0 Å². The number of rotatable bonds is 5. The van der Waals surface area contributed by atoms with Crippen LogP contribution in [0, 0.1) is 6.92 Å². The van der Waals surface area contributed by atoms with Crippen molar-refractivity contribution in [1.82, 2.24) is 19.9 Å². The van der Waals surface area contributed by atoms with Crippen LogP contribution >= 0.6 is 0 Å². The Labute approximate surface area is 178 Å². The Morgan fingerprint density at radius 2 is 1.71 bits per heavy atom. The number of likely N-dealkylation sites (N-methyl/N-ethyl adjacent to an activating group) is 1. The number of pyridine rings is 1. The Hall–Kier alpha value is -3.85. The smallest absolute Gasteiger partial charge is 0.317 e. The van der Waals surface area contributed by atoms with Gasteiger partial charge in [0.1, 0.15) is 11.3 Å². The maximum Gasteiger partial charge on any atom is 0.317 e. The number of aliphatic carboxylic acids is 1. The molecular weight excluding hydrogens is 401 g/mol. The van der Waals surface area contributed by atoms with Gasteiger partial charge in [-0.25, -0.2) is 9.97 Å². The summed E-state index contributed by atoms with van der Waals surface area (Å²) in [5, 5.41) is 11.3. The first-order valence-corrected chi connectivity index (χ1v) is 9.38. The number of primary amides is 1. The van der Waals surface area contributed by atoms with Gasteiger partial charge in [0.2, 0.25) is 0 Å². The predicted molar refractivity (Wildman–Crippen MR) is 118 cm³/mol. The van der Waals surface area contributed by atoms with Crippen molar-refractivity contribution in [3.05, 3.63) is 71.7 Å². The molecule has 0 aliphatic heterocycles. The number of para-hydroxylation sites is 1. The molecule has 0 aliphatic rings. The molecule has 0 radical (unpaired) electrons. The fourth-order valence-corrected chi connectivity index (χ4v) is 3.23. The molecule has 0 unspecified atom stereocenters. The van der Waals surface area contributed by atoms with Crippen molar-refractivity contribution in [2.75, 3.05) is 13.6 Å². The number of benzene rings is 2. The minimum atomic E-state index is -0.822. The lowest BCUT2D eigenvalue weighted by atomic mass is 10.1. The van der Waals surface area contributed by atoms with E-state index in [0.717, 1.165) is 22.2 Å². The number of carboxylic acids is 1. The van der Waals surface area contributed by atoms with Crippen molar-refractivity contribution in [2.24, 2.45) is 5.73 Å². The van der Waals surface area contributed by atoms with Crippen LogP contribution in [-0.4, -0.2) is 45.1 Å². The van der Waals surface area contributed by atoms with Gasteiger partial charge in [-0.15, -0.1) is 0 Å². The van der Waals surface area contributed by atoms with E-state index in [9.17, 15) is 9.59 Å². The summed E-state index contributed by atoms with van der Waals surface area (Å²) >= 11 is 0. The highest BCUT2D eigenvalue weighted by Crippen LogP contribution is 2.28. The van der Waals surface area contributed by atoms with Crippen LogP contribution in [0.2, 0.25) is 0 Å². The first-order valence-electron chi connectivity index (χ1n) is 9.38. The van der Waals surface area contributed by atoms with Crippen LogP contribution < -0.4 is 11.1 Å². The molecule has 2 aromatic heterocycles. The van der Waals surface area contributed by atoms with Crippen molar-refractivity contribution < 1.29 is 19.4 Å². The normalized spacial score (nSPS) is 10.3. The molecule has 0 aliphatic carbocycles. The van der Waals surface area contributed by atoms with Crippen LogP contribution in [0.4, 0.5) is 4.70 Å². The summed E-state index contributed by atoms with van der Waals surface area (Å²) in [7, 11) is 1.59. The van der Waals surface area contributed by atoms with Crippen LogP contribution in [0.15, 0.2) is 54.6 Å². The minimum absolute atomic E-state index is 0. The van der Waals surface area contributed by atoms with Gasteiger partial charge < -0.3 is 20.7 Å². The molecule has 4 rings (SSSR count). The number of hydrogen-bond donors (Lipinski definition) is 3. The summed E-state index contributed by atoms with van der Waals surface area (Å²) in [4.78, 5) is 30.4. The van der Waals surface area contributed by atoms with Gasteiger partial charge in [-0.05, 0) is 25.6 Å². The monoisotopic (exact) mass is 425 g/mol. The Balaban J connectivity index is 0.000000433. The first kappa shape index (κ1) is 23.4. The maximum atomic E-state index is 11.8. The third kappa shape index (κ3) is 5.20. The van der Waals surface area contributed by atoms with Gasteiger partial charge >= 0.3 is 5.97 Å². The highest BCUT2D eigenvalue weighted by molar-refractivity contribution is 6.11. The van der Waals surface area contributed by atoms with Crippen molar-refractivity contribution >= 4 is 33.8 Å². The molecule has 0 atom stereocenters. The third-order valence-corrected chi connectivity index (χ3v) is 4.52. The zero-order valence-corrected chi connectivity index (χ0v) is 17.2. The average molecular weight is 425 g/mol. The minimum Gasteiger partial charge on any atom is -0.480 e. The molecule has 0 bridgehead atoms. The number of fused-ring (bicyclic) bond motifs is 3. The molecule has 9 heteroatoms. The quantitative estimate of drug-likeness (QED) is 0.451. The third-order valence-electron chi connectivity index (χ3n) is 4.52. The van der Waals surface area contributed by atoms with Gasteiger partial charge in [0.25, 0.3) is 5.91 Å². The lowest BCUT2D eigenvalue weighted by Gasteiger charge is -2.09. The summed E-state index contributed by atoms with van der Waals surface area (Å²) in [5.74, 6) is -0.554. The number of nitrogens with zero attached hydrogens (tertiary/aromatic N) is 3. The SMILES string of the molecule is CNCC(=O)O.Cc1nc2c(C(N)=O)nc3ccccc3c2n1Cc1ccccc1.F. The predicted octanol–water partition coefficient (Wildman–Crippen LogP) is 2.48. The topological polar surface area (TPSA) is 123 Å². The Morgan fingerprint density at radius 3 is 2.29 bits per heavy atom. The second-order valence-corrected chi connectivity index (χ2v) is 6.69. The Morgan fingerprint density at radius 1 is 1.06 bits per heavy atom. The molecule has 4 N–H and O–H groups in total. The van der Waals surface area contributed by atoms with E-state index in [-0.39, 0.29) is 16.9 Å². The summed E-state index contributed by atoms with van der Waals surface area (Å²) in [6, 6.07) is 17.9. The number of carboxylic acid groups (broad SMARTS) is 1. The van der Waals surface area contributed by atoms with E-state index in [1.807, 2.05) is 49.4 Å². The number of hydrogen-bond acceptors (Lipinski definition) is 5. The van der Waals surface area contributed by atoms with E-state index >= 15 is 0 Å². The number of aromatic nitrogens is 3. The Kier molecular flexibility index (Phi) is 7.75. The molecule has 4 aromatic rings. The first-order chi connectivity index (χ1) is 14.4. The zero-order valence-electron chi connectivity index (χ0n) is 17.2. The molecule has 1 amide bonds. The fourth-order valence-electron chi connectivity index (χ4n) is 3.23. The van der Waals surface area contributed by atoms with E-state index in [2.05, 4.69) is 32.0 Å². The number of imidazole rings is 1. The number of amides is 1. The van der Waals surface area contributed by atoms with Gasteiger partial charge in [0, 0.05) is 11.9 Å². The highest BCUT2D eigenvalue weighted by Gasteiger charge is 2.19. The zero-order chi connectivity index (χ0) is 21.7. The van der Waals surface area contributed by atoms with Crippen molar-refractivity contribution in [3.63, 3.8) is 0 Å². The fraction of sp³-hybridized carbons (Fsp3) is 0.182. The number of carbonyl (C=O) groups is 2. The van der Waals surface area contributed by atoms with E-state index in [0.29, 0.717) is 12.1 Å². The van der Waals surface area contributed by atoms with E-state index in [4.69, 9.17) is 10.8 Å². The molecule has 2 aromatic carbocycles. The second kappa shape index (κ2) is 10.3. The summed E-state index contributed by atoms with van der Waals surface area (Å²) in [5.41, 5.74) is 9.13. The summed E-state index contributed by atoms with van der Waals surface area (Å²) < 4.78 is 2.11.